The number of pyridine rings is 1. The Morgan fingerprint density at radius 1 is 1.25 bits per heavy atom. The molecule has 1 N–H and O–H groups in total. The average molecular weight is 266 g/mol. The Balaban J connectivity index is 2.14. The van der Waals surface area contributed by atoms with Crippen molar-refractivity contribution in [2.75, 3.05) is 6.54 Å². The van der Waals surface area contributed by atoms with E-state index < -0.39 is 0 Å². The largest absolute Gasteiger partial charge is 0.313 e. The first-order valence-electron chi connectivity index (χ1n) is 6.89. The van der Waals surface area contributed by atoms with E-state index in [1.807, 2.05) is 36.1 Å². The second-order valence-corrected chi connectivity index (χ2v) is 4.90. The van der Waals surface area contributed by atoms with Gasteiger partial charge in [-0.2, -0.15) is 5.10 Å². The molecule has 0 saturated carbocycles. The number of fused-ring (bicyclic) bond motifs is 1. The number of nitrogens with zero attached hydrogens (tertiary/aromatic N) is 3. The molecule has 0 unspecified atom stereocenters. The molecule has 0 spiro atoms. The van der Waals surface area contributed by atoms with Crippen LogP contribution < -0.4 is 5.32 Å². The van der Waals surface area contributed by atoms with E-state index in [2.05, 4.69) is 35.5 Å². The lowest BCUT2D eigenvalue weighted by Crippen LogP contribution is -2.13. The van der Waals surface area contributed by atoms with Crippen LogP contribution in [0.1, 0.15) is 18.1 Å². The van der Waals surface area contributed by atoms with E-state index in [0.29, 0.717) is 0 Å². The zero-order valence-electron chi connectivity index (χ0n) is 11.8. The first-order valence-corrected chi connectivity index (χ1v) is 6.89. The molecule has 20 heavy (non-hydrogen) atoms. The van der Waals surface area contributed by atoms with Gasteiger partial charge in [0.15, 0.2) is 5.82 Å². The third-order valence-electron chi connectivity index (χ3n) is 3.30. The first-order chi connectivity index (χ1) is 9.78. The summed E-state index contributed by atoms with van der Waals surface area (Å²) < 4.78 is 1.83. The molecule has 2 aromatic heterocycles. The summed E-state index contributed by atoms with van der Waals surface area (Å²) in [5.41, 5.74) is 3.39. The molecule has 2 heterocycles. The van der Waals surface area contributed by atoms with Gasteiger partial charge in [0.05, 0.1) is 11.7 Å². The number of nitrogens with one attached hydrogen (secondary N) is 1. The highest BCUT2D eigenvalue weighted by Gasteiger charge is 2.07. The maximum Gasteiger partial charge on any atom is 0.154 e. The maximum atomic E-state index is 4.70. The summed E-state index contributed by atoms with van der Waals surface area (Å²) >= 11 is 0. The van der Waals surface area contributed by atoms with Gasteiger partial charge in [0.2, 0.25) is 0 Å². The van der Waals surface area contributed by atoms with Gasteiger partial charge in [-0.15, -0.1) is 0 Å². The molecule has 4 heteroatoms. The molecule has 102 valence electrons. The molecule has 3 rings (SSSR count). The van der Waals surface area contributed by atoms with Gasteiger partial charge in [0.25, 0.3) is 0 Å². The van der Waals surface area contributed by atoms with E-state index in [0.717, 1.165) is 30.0 Å². The van der Waals surface area contributed by atoms with Crippen LogP contribution in [0.15, 0.2) is 42.7 Å². The van der Waals surface area contributed by atoms with Gasteiger partial charge in [-0.05, 0) is 36.7 Å². The Bertz CT molecular complexity index is 730. The van der Waals surface area contributed by atoms with Crippen molar-refractivity contribution in [3.63, 3.8) is 0 Å². The molecule has 0 aliphatic rings. The molecule has 0 radical (unpaired) electrons. The number of aromatic nitrogens is 3. The maximum absolute atomic E-state index is 4.70. The Morgan fingerprint density at radius 2 is 2.10 bits per heavy atom. The molecule has 1 aromatic carbocycles. The summed E-state index contributed by atoms with van der Waals surface area (Å²) in [5.74, 6) is 0.865. The van der Waals surface area contributed by atoms with E-state index >= 15 is 0 Å². The summed E-state index contributed by atoms with van der Waals surface area (Å²) in [6, 6.07) is 10.3. The van der Waals surface area contributed by atoms with Crippen molar-refractivity contribution < 1.29 is 0 Å². The van der Waals surface area contributed by atoms with Crippen molar-refractivity contribution >= 4 is 10.9 Å². The van der Waals surface area contributed by atoms with E-state index in [4.69, 9.17) is 4.98 Å². The fraction of sp³-hybridized carbons (Fsp3) is 0.250. The van der Waals surface area contributed by atoms with Crippen molar-refractivity contribution in [1.29, 1.82) is 0 Å². The van der Waals surface area contributed by atoms with Gasteiger partial charge in [-0.3, -0.25) is 0 Å². The third-order valence-corrected chi connectivity index (χ3v) is 3.30. The Morgan fingerprint density at radius 3 is 2.85 bits per heavy atom. The minimum atomic E-state index is 0.840. The second-order valence-electron chi connectivity index (χ2n) is 4.90. The fourth-order valence-electron chi connectivity index (χ4n) is 2.29. The quantitative estimate of drug-likeness (QED) is 0.789. The summed E-state index contributed by atoms with van der Waals surface area (Å²) in [6.45, 7) is 5.94. The average Bonchev–Trinajstić information content (AvgIpc) is 2.91. The van der Waals surface area contributed by atoms with Gasteiger partial charge < -0.3 is 5.32 Å². The van der Waals surface area contributed by atoms with E-state index in [-0.39, 0.29) is 0 Å². The van der Waals surface area contributed by atoms with Crippen LogP contribution in [0, 0.1) is 6.92 Å². The molecule has 0 saturated heterocycles. The SMILES string of the molecule is CCNCc1cc(-n2cc(C)cn2)nc2ccccc12. The van der Waals surface area contributed by atoms with Crippen molar-refractivity contribution in [1.82, 2.24) is 20.1 Å². The molecule has 4 nitrogen and oxygen atoms in total. The highest BCUT2D eigenvalue weighted by molar-refractivity contribution is 5.83. The van der Waals surface area contributed by atoms with Crippen molar-refractivity contribution in [3.8, 4) is 5.82 Å². The van der Waals surface area contributed by atoms with Crippen LogP contribution >= 0.6 is 0 Å². The number of benzene rings is 1. The highest BCUT2D eigenvalue weighted by atomic mass is 15.3. The Hall–Kier alpha value is -2.20. The summed E-state index contributed by atoms with van der Waals surface area (Å²) in [4.78, 5) is 4.70. The zero-order valence-corrected chi connectivity index (χ0v) is 11.8. The molecule has 0 aliphatic carbocycles. The predicted octanol–water partition coefficient (Wildman–Crippen LogP) is 2.84. The monoisotopic (exact) mass is 266 g/mol. The van der Waals surface area contributed by atoms with Crippen LogP contribution in [0.5, 0.6) is 0 Å². The first kappa shape index (κ1) is 12.8. The lowest BCUT2D eigenvalue weighted by molar-refractivity contribution is 0.728. The lowest BCUT2D eigenvalue weighted by atomic mass is 10.1. The highest BCUT2D eigenvalue weighted by Crippen LogP contribution is 2.20. The van der Waals surface area contributed by atoms with E-state index in [1.165, 1.54) is 10.9 Å². The van der Waals surface area contributed by atoms with Gasteiger partial charge in [0, 0.05) is 18.1 Å². The predicted molar refractivity (Wildman–Crippen MR) is 81.0 cm³/mol. The van der Waals surface area contributed by atoms with Gasteiger partial charge in [-0.25, -0.2) is 9.67 Å². The summed E-state index contributed by atoms with van der Waals surface area (Å²) in [6.07, 6.45) is 3.84. The molecular weight excluding hydrogens is 248 g/mol. The van der Waals surface area contributed by atoms with E-state index in [1.54, 1.807) is 0 Å². The number of para-hydroxylation sites is 1. The molecule has 0 bridgehead atoms. The molecule has 0 fully saturated rings. The minimum absolute atomic E-state index is 0.840. The van der Waals surface area contributed by atoms with Crippen LogP contribution in [-0.4, -0.2) is 21.3 Å². The van der Waals surface area contributed by atoms with Crippen LogP contribution in [0.25, 0.3) is 16.7 Å². The fourth-order valence-corrected chi connectivity index (χ4v) is 2.29. The minimum Gasteiger partial charge on any atom is -0.313 e. The number of aryl methyl sites for hydroxylation is 1. The lowest BCUT2D eigenvalue weighted by Gasteiger charge is -2.10. The molecule has 0 atom stereocenters. The molecule has 3 aromatic rings. The van der Waals surface area contributed by atoms with Crippen molar-refractivity contribution in [3.05, 3.63) is 53.9 Å². The number of hydrogen-bond acceptors (Lipinski definition) is 3. The number of hydrogen-bond donors (Lipinski definition) is 1. The topological polar surface area (TPSA) is 42.7 Å². The van der Waals surface area contributed by atoms with Gasteiger partial charge >= 0.3 is 0 Å². The van der Waals surface area contributed by atoms with E-state index in [9.17, 15) is 0 Å². The van der Waals surface area contributed by atoms with Crippen molar-refractivity contribution in [2.24, 2.45) is 0 Å². The smallest absolute Gasteiger partial charge is 0.154 e. The van der Waals surface area contributed by atoms with Crippen LogP contribution in [0.4, 0.5) is 0 Å². The molecule has 0 aliphatic heterocycles. The Labute approximate surface area is 118 Å². The molecular formula is C16H18N4. The second kappa shape index (κ2) is 5.43. The molecule has 0 amide bonds. The van der Waals surface area contributed by atoms with Gasteiger partial charge in [0.1, 0.15) is 0 Å². The zero-order chi connectivity index (χ0) is 13.9. The normalized spacial score (nSPS) is 11.1. The third kappa shape index (κ3) is 2.42. The van der Waals surface area contributed by atoms with Crippen LogP contribution in [0.3, 0.4) is 0 Å². The Kier molecular flexibility index (Phi) is 3.48. The van der Waals surface area contributed by atoms with Crippen LogP contribution in [0.2, 0.25) is 0 Å². The summed E-state index contributed by atoms with van der Waals surface area (Å²) in [7, 11) is 0. The standard InChI is InChI=1S/C16H18N4/c1-3-17-10-13-8-16(20-11-12(2)9-18-20)19-15-7-5-4-6-14(13)15/h4-9,11,17H,3,10H2,1-2H3. The van der Waals surface area contributed by atoms with Crippen LogP contribution in [-0.2, 0) is 6.54 Å². The number of rotatable bonds is 4. The van der Waals surface area contributed by atoms with Gasteiger partial charge in [-0.1, -0.05) is 25.1 Å². The summed E-state index contributed by atoms with van der Waals surface area (Å²) in [5, 5.41) is 8.93. The van der Waals surface area contributed by atoms with Crippen molar-refractivity contribution in [2.45, 2.75) is 20.4 Å².